The van der Waals surface area contributed by atoms with Gasteiger partial charge < -0.3 is 15.2 Å². The number of hydrogen-bond acceptors (Lipinski definition) is 2. The lowest BCUT2D eigenvalue weighted by Crippen LogP contribution is -2.82. The maximum atomic E-state index is 10.2. The number of benzene rings is 1. The molecule has 3 heteroatoms. The summed E-state index contributed by atoms with van der Waals surface area (Å²) in [6, 6.07) is 6.49. The number of nitrogens with two attached hydrogens (primary N) is 1. The summed E-state index contributed by atoms with van der Waals surface area (Å²) in [5.41, 5.74) is 3.85. The Morgan fingerprint density at radius 2 is 1.88 bits per heavy atom. The molecular weight excluding hydrogens is 202 g/mol. The number of carbonyl (C=O) groups excluding carboxylic acids is 1. The van der Waals surface area contributed by atoms with Crippen molar-refractivity contribution in [2.45, 2.75) is 33.2 Å². The van der Waals surface area contributed by atoms with Crippen molar-refractivity contribution >= 4 is 5.97 Å². The molecule has 0 radical (unpaired) electrons. The van der Waals surface area contributed by atoms with E-state index < -0.39 is 5.97 Å². The maximum Gasteiger partial charge on any atom is 0.101 e. The first-order valence-corrected chi connectivity index (χ1v) is 5.66. The average Bonchev–Trinajstić information content (AvgIpc) is 2.15. The van der Waals surface area contributed by atoms with E-state index in [2.05, 4.69) is 37.4 Å². The predicted molar refractivity (Wildman–Crippen MR) is 60.7 cm³/mol. The zero-order valence-corrected chi connectivity index (χ0v) is 9.95. The van der Waals surface area contributed by atoms with E-state index in [0.29, 0.717) is 6.42 Å². The van der Waals surface area contributed by atoms with Crippen LogP contribution in [0.5, 0.6) is 0 Å². The van der Waals surface area contributed by atoms with E-state index in [0.717, 1.165) is 13.1 Å². The summed E-state index contributed by atoms with van der Waals surface area (Å²) in [6.45, 7) is 5.93. The third-order valence-electron chi connectivity index (χ3n) is 2.45. The van der Waals surface area contributed by atoms with E-state index >= 15 is 0 Å². The van der Waals surface area contributed by atoms with E-state index in [1.807, 2.05) is 0 Å². The molecule has 0 saturated carbocycles. The lowest BCUT2D eigenvalue weighted by Gasteiger charge is -2.05. The van der Waals surface area contributed by atoms with E-state index in [9.17, 15) is 9.90 Å². The van der Waals surface area contributed by atoms with E-state index in [1.165, 1.54) is 16.7 Å². The average molecular weight is 221 g/mol. The summed E-state index contributed by atoms with van der Waals surface area (Å²) in [4.78, 5) is 10.2. The molecule has 3 nitrogen and oxygen atoms in total. The second-order valence-corrected chi connectivity index (χ2v) is 4.25. The Morgan fingerprint density at radius 3 is 2.44 bits per heavy atom. The van der Waals surface area contributed by atoms with Gasteiger partial charge in [-0.2, -0.15) is 0 Å². The van der Waals surface area contributed by atoms with Crippen LogP contribution in [0.3, 0.4) is 0 Å². The monoisotopic (exact) mass is 221 g/mol. The molecule has 0 spiro atoms. The fraction of sp³-hybridized carbons (Fsp3) is 0.462. The zero-order chi connectivity index (χ0) is 12.0. The van der Waals surface area contributed by atoms with Gasteiger partial charge in [0.2, 0.25) is 0 Å². The van der Waals surface area contributed by atoms with Crippen LogP contribution in [0.4, 0.5) is 0 Å². The van der Waals surface area contributed by atoms with Crippen LogP contribution in [0, 0.1) is 13.8 Å². The molecule has 1 aromatic carbocycles. The highest BCUT2D eigenvalue weighted by Gasteiger charge is 1.98. The van der Waals surface area contributed by atoms with Crippen LogP contribution in [0.15, 0.2) is 18.2 Å². The Kier molecular flexibility index (Phi) is 4.99. The van der Waals surface area contributed by atoms with Crippen molar-refractivity contribution in [1.29, 1.82) is 0 Å². The summed E-state index contributed by atoms with van der Waals surface area (Å²) < 4.78 is 0. The molecule has 0 aliphatic carbocycles. The van der Waals surface area contributed by atoms with Gasteiger partial charge in [0.05, 0.1) is 6.54 Å². The summed E-state index contributed by atoms with van der Waals surface area (Å²) in [6.07, 6.45) is 0.830. The second-order valence-electron chi connectivity index (χ2n) is 4.25. The molecule has 0 aromatic heterocycles. The highest BCUT2D eigenvalue weighted by Crippen LogP contribution is 2.07. The van der Waals surface area contributed by atoms with E-state index in [1.54, 1.807) is 0 Å². The summed E-state index contributed by atoms with van der Waals surface area (Å²) >= 11 is 0. The van der Waals surface area contributed by atoms with Crippen LogP contribution in [-0.4, -0.2) is 12.5 Å². The summed E-state index contributed by atoms with van der Waals surface area (Å²) in [7, 11) is 0. The Morgan fingerprint density at radius 1 is 1.25 bits per heavy atom. The van der Waals surface area contributed by atoms with Crippen molar-refractivity contribution in [3.05, 3.63) is 34.9 Å². The standard InChI is InChI=1S/C13H19NO2/c1-10-6-11(2)8-12(7-10)9-14-5-3-4-13(15)16/h6-8,14H,3-5,9H2,1-2H3,(H,15,16). The number of rotatable bonds is 6. The van der Waals surface area contributed by atoms with Crippen LogP contribution in [0.1, 0.15) is 29.5 Å². The van der Waals surface area contributed by atoms with Crippen molar-refractivity contribution in [2.75, 3.05) is 6.54 Å². The van der Waals surface area contributed by atoms with E-state index in [-0.39, 0.29) is 6.42 Å². The first-order valence-electron chi connectivity index (χ1n) is 5.66. The van der Waals surface area contributed by atoms with E-state index in [4.69, 9.17) is 0 Å². The topological polar surface area (TPSA) is 56.7 Å². The van der Waals surface area contributed by atoms with Gasteiger partial charge in [-0.05, 0) is 20.3 Å². The highest BCUT2D eigenvalue weighted by atomic mass is 16.4. The van der Waals surface area contributed by atoms with Gasteiger partial charge in [-0.1, -0.05) is 29.3 Å². The first-order chi connectivity index (χ1) is 7.58. The first kappa shape index (κ1) is 12.7. The maximum absolute atomic E-state index is 10.2. The van der Waals surface area contributed by atoms with Gasteiger partial charge in [-0.25, -0.2) is 0 Å². The van der Waals surface area contributed by atoms with Gasteiger partial charge in [-0.15, -0.1) is 0 Å². The molecule has 0 saturated heterocycles. The molecule has 16 heavy (non-hydrogen) atoms. The number of carboxylic acids is 1. The van der Waals surface area contributed by atoms with Crippen molar-refractivity contribution in [3.63, 3.8) is 0 Å². The molecule has 2 N–H and O–H groups in total. The number of aryl methyl sites for hydroxylation is 2. The largest absolute Gasteiger partial charge is 0.550 e. The second kappa shape index (κ2) is 6.28. The summed E-state index contributed by atoms with van der Waals surface area (Å²) in [5.74, 6) is -0.959. The van der Waals surface area contributed by atoms with Crippen molar-refractivity contribution in [3.8, 4) is 0 Å². The molecule has 0 aliphatic rings. The Labute approximate surface area is 96.5 Å². The van der Waals surface area contributed by atoms with Gasteiger partial charge in [0.25, 0.3) is 0 Å². The number of carbonyl (C=O) groups is 1. The summed E-state index contributed by atoms with van der Waals surface area (Å²) in [5, 5.41) is 12.3. The lowest BCUT2D eigenvalue weighted by atomic mass is 10.1. The SMILES string of the molecule is Cc1cc(C)cc(C[NH2+]CCCC(=O)[O-])c1. The molecule has 0 atom stereocenters. The number of hydrogen-bond donors (Lipinski definition) is 1. The molecular formula is C13H19NO2. The molecule has 0 fully saturated rings. The molecule has 0 bridgehead atoms. The normalized spacial score (nSPS) is 10.4. The molecule has 1 aromatic rings. The van der Waals surface area contributed by atoms with Gasteiger partial charge >= 0.3 is 0 Å². The Balaban J connectivity index is 2.29. The van der Waals surface area contributed by atoms with Crippen LogP contribution in [0.2, 0.25) is 0 Å². The highest BCUT2D eigenvalue weighted by molar-refractivity contribution is 5.64. The van der Waals surface area contributed by atoms with Crippen molar-refractivity contribution < 1.29 is 15.2 Å². The Bertz CT molecular complexity index is 341. The van der Waals surface area contributed by atoms with Crippen LogP contribution < -0.4 is 10.4 Å². The zero-order valence-electron chi connectivity index (χ0n) is 9.95. The molecule has 0 aliphatic heterocycles. The minimum atomic E-state index is -0.959. The third kappa shape index (κ3) is 4.94. The van der Waals surface area contributed by atoms with Gasteiger partial charge in [0.15, 0.2) is 0 Å². The predicted octanol–water partition coefficient (Wildman–Crippen LogP) is -0.103. The molecule has 0 heterocycles. The number of quaternary nitrogens is 1. The molecule has 0 unspecified atom stereocenters. The Hall–Kier alpha value is -1.35. The van der Waals surface area contributed by atoms with Crippen LogP contribution in [0.25, 0.3) is 0 Å². The molecule has 0 amide bonds. The number of aliphatic carboxylic acids is 1. The lowest BCUT2D eigenvalue weighted by molar-refractivity contribution is -0.670. The minimum absolute atomic E-state index is 0.156. The van der Waals surface area contributed by atoms with Crippen LogP contribution in [-0.2, 0) is 11.3 Å². The fourth-order valence-corrected chi connectivity index (χ4v) is 1.85. The van der Waals surface area contributed by atoms with Crippen molar-refractivity contribution in [1.82, 2.24) is 0 Å². The molecule has 88 valence electrons. The van der Waals surface area contributed by atoms with Gasteiger partial charge in [0.1, 0.15) is 6.54 Å². The van der Waals surface area contributed by atoms with Crippen LogP contribution >= 0.6 is 0 Å². The van der Waals surface area contributed by atoms with Gasteiger partial charge in [-0.3, -0.25) is 0 Å². The number of carboxylic acid groups (broad SMARTS) is 1. The fourth-order valence-electron chi connectivity index (χ4n) is 1.85. The molecule has 1 rings (SSSR count). The third-order valence-corrected chi connectivity index (χ3v) is 2.45. The smallest absolute Gasteiger partial charge is 0.101 e. The quantitative estimate of drug-likeness (QED) is 0.682. The van der Waals surface area contributed by atoms with Crippen molar-refractivity contribution in [2.24, 2.45) is 0 Å². The van der Waals surface area contributed by atoms with Gasteiger partial charge in [0, 0.05) is 18.0 Å². The minimum Gasteiger partial charge on any atom is -0.550 e.